The van der Waals surface area contributed by atoms with E-state index in [0.29, 0.717) is 34.3 Å². The molecule has 0 amide bonds. The number of carbonyl (C=O) groups is 1. The number of ether oxygens (including phenoxy) is 4. The fraction of sp³-hybridized carbons (Fsp3) is 0.211. The Bertz CT molecular complexity index is 823. The van der Waals surface area contributed by atoms with E-state index in [9.17, 15) is 9.90 Å². The lowest BCUT2D eigenvalue weighted by Crippen LogP contribution is -2.17. The standard InChI is InChI=1S/C19H18O6/c1-22-12-6-4-11(5-7-12)15-10-14(19(20)21)18-16(24-3)8-13(23-2)9-17(18)25-15/h4-10,14H,1-3H3,(H,20,21). The van der Waals surface area contributed by atoms with Crippen LogP contribution in [0.2, 0.25) is 0 Å². The Morgan fingerprint density at radius 1 is 1.00 bits per heavy atom. The molecule has 0 aromatic heterocycles. The Kier molecular flexibility index (Phi) is 4.52. The molecule has 0 aliphatic carbocycles. The van der Waals surface area contributed by atoms with Gasteiger partial charge in [0.1, 0.15) is 34.7 Å². The molecule has 0 bridgehead atoms. The summed E-state index contributed by atoms with van der Waals surface area (Å²) < 4.78 is 21.7. The third-order valence-electron chi connectivity index (χ3n) is 4.02. The van der Waals surface area contributed by atoms with Crippen molar-refractivity contribution in [3.05, 3.63) is 53.6 Å². The topological polar surface area (TPSA) is 74.2 Å². The first-order valence-electron chi connectivity index (χ1n) is 7.60. The number of hydrogen-bond donors (Lipinski definition) is 1. The maximum atomic E-state index is 11.8. The van der Waals surface area contributed by atoms with Gasteiger partial charge in [-0.3, -0.25) is 4.79 Å². The van der Waals surface area contributed by atoms with Gasteiger partial charge in [0, 0.05) is 17.7 Å². The third kappa shape index (κ3) is 3.10. The highest BCUT2D eigenvalue weighted by Crippen LogP contribution is 2.45. The maximum Gasteiger partial charge on any atom is 0.315 e. The molecule has 130 valence electrons. The number of aliphatic carboxylic acids is 1. The molecule has 6 heteroatoms. The molecular formula is C19H18O6. The lowest BCUT2D eigenvalue weighted by atomic mass is 9.92. The number of methoxy groups -OCH3 is 3. The zero-order valence-corrected chi connectivity index (χ0v) is 14.1. The molecule has 0 spiro atoms. The molecule has 1 aliphatic heterocycles. The van der Waals surface area contributed by atoms with Gasteiger partial charge in [-0.15, -0.1) is 0 Å². The molecule has 2 aromatic carbocycles. The minimum atomic E-state index is -0.987. The highest BCUT2D eigenvalue weighted by atomic mass is 16.5. The maximum absolute atomic E-state index is 11.8. The average Bonchev–Trinajstić information content (AvgIpc) is 2.65. The number of rotatable bonds is 5. The summed E-state index contributed by atoms with van der Waals surface area (Å²) in [7, 11) is 4.59. The number of hydrogen-bond acceptors (Lipinski definition) is 5. The van der Waals surface area contributed by atoms with E-state index in [2.05, 4.69) is 0 Å². The van der Waals surface area contributed by atoms with Gasteiger partial charge in [0.15, 0.2) is 0 Å². The summed E-state index contributed by atoms with van der Waals surface area (Å²) in [6.07, 6.45) is 1.57. The highest BCUT2D eigenvalue weighted by molar-refractivity contribution is 5.86. The molecule has 6 nitrogen and oxygen atoms in total. The third-order valence-corrected chi connectivity index (χ3v) is 4.02. The van der Waals surface area contributed by atoms with E-state index < -0.39 is 11.9 Å². The molecule has 0 fully saturated rings. The zero-order chi connectivity index (χ0) is 18.0. The lowest BCUT2D eigenvalue weighted by molar-refractivity contribution is -0.137. The van der Waals surface area contributed by atoms with E-state index in [-0.39, 0.29) is 0 Å². The Morgan fingerprint density at radius 3 is 2.24 bits per heavy atom. The predicted octanol–water partition coefficient (Wildman–Crippen LogP) is 3.31. The summed E-state index contributed by atoms with van der Waals surface area (Å²) >= 11 is 0. The van der Waals surface area contributed by atoms with Crippen LogP contribution in [0.5, 0.6) is 23.0 Å². The molecule has 3 rings (SSSR count). The summed E-state index contributed by atoms with van der Waals surface area (Å²) in [6, 6.07) is 10.5. The summed E-state index contributed by atoms with van der Waals surface area (Å²) in [5.74, 6) is 0.622. The van der Waals surface area contributed by atoms with Crippen molar-refractivity contribution in [2.24, 2.45) is 0 Å². The molecule has 2 aromatic rings. The van der Waals surface area contributed by atoms with Crippen LogP contribution in [0, 0.1) is 0 Å². The summed E-state index contributed by atoms with van der Waals surface area (Å²) in [5, 5.41) is 9.67. The molecule has 1 atom stereocenters. The molecule has 0 radical (unpaired) electrons. The fourth-order valence-corrected chi connectivity index (χ4v) is 2.75. The van der Waals surface area contributed by atoms with Crippen LogP contribution in [-0.2, 0) is 4.79 Å². The van der Waals surface area contributed by atoms with Crippen LogP contribution < -0.4 is 18.9 Å². The summed E-state index contributed by atoms with van der Waals surface area (Å²) in [5.41, 5.74) is 1.22. The normalized spacial score (nSPS) is 15.5. The Morgan fingerprint density at radius 2 is 1.68 bits per heavy atom. The molecule has 0 saturated carbocycles. The SMILES string of the molecule is COc1ccc(C2=CC(C(=O)O)c3c(OC)cc(OC)cc3O2)cc1. The first-order valence-corrected chi connectivity index (χ1v) is 7.60. The average molecular weight is 342 g/mol. The van der Waals surface area contributed by atoms with Gasteiger partial charge in [0.25, 0.3) is 0 Å². The van der Waals surface area contributed by atoms with Gasteiger partial charge >= 0.3 is 5.97 Å². The van der Waals surface area contributed by atoms with Crippen molar-refractivity contribution < 1.29 is 28.8 Å². The molecule has 1 heterocycles. The Labute approximate surface area is 145 Å². The molecule has 1 unspecified atom stereocenters. The van der Waals surface area contributed by atoms with Crippen LogP contribution in [0.4, 0.5) is 0 Å². The van der Waals surface area contributed by atoms with Crippen molar-refractivity contribution in [2.75, 3.05) is 21.3 Å². The second-order valence-corrected chi connectivity index (χ2v) is 5.42. The second kappa shape index (κ2) is 6.76. The zero-order valence-electron chi connectivity index (χ0n) is 14.1. The smallest absolute Gasteiger partial charge is 0.315 e. The monoisotopic (exact) mass is 342 g/mol. The van der Waals surface area contributed by atoms with E-state index in [0.717, 1.165) is 5.56 Å². The first kappa shape index (κ1) is 16.7. The molecule has 1 aliphatic rings. The van der Waals surface area contributed by atoms with Crippen molar-refractivity contribution in [3.63, 3.8) is 0 Å². The second-order valence-electron chi connectivity index (χ2n) is 5.42. The molecule has 1 N–H and O–H groups in total. The number of fused-ring (bicyclic) bond motifs is 1. The van der Waals surface area contributed by atoms with Gasteiger partial charge in [-0.25, -0.2) is 0 Å². The van der Waals surface area contributed by atoms with E-state index in [4.69, 9.17) is 18.9 Å². The van der Waals surface area contributed by atoms with Crippen LogP contribution in [0.25, 0.3) is 5.76 Å². The van der Waals surface area contributed by atoms with E-state index in [1.807, 2.05) is 12.1 Å². The van der Waals surface area contributed by atoms with Gasteiger partial charge in [-0.2, -0.15) is 0 Å². The van der Waals surface area contributed by atoms with Gasteiger partial charge in [-0.1, -0.05) is 0 Å². The Balaban J connectivity index is 2.10. The number of carboxylic acids is 1. The first-order chi connectivity index (χ1) is 12.1. The van der Waals surface area contributed by atoms with Crippen molar-refractivity contribution >= 4 is 11.7 Å². The summed E-state index contributed by atoms with van der Waals surface area (Å²) in [6.45, 7) is 0. The minimum absolute atomic E-state index is 0.400. The highest BCUT2D eigenvalue weighted by Gasteiger charge is 2.32. The van der Waals surface area contributed by atoms with Crippen LogP contribution in [0.15, 0.2) is 42.5 Å². The van der Waals surface area contributed by atoms with Gasteiger partial charge in [-0.05, 0) is 30.3 Å². The predicted molar refractivity (Wildman–Crippen MR) is 91.5 cm³/mol. The minimum Gasteiger partial charge on any atom is -0.497 e. The van der Waals surface area contributed by atoms with Crippen LogP contribution >= 0.6 is 0 Å². The number of benzene rings is 2. The molecular weight excluding hydrogens is 324 g/mol. The lowest BCUT2D eigenvalue weighted by Gasteiger charge is -2.25. The van der Waals surface area contributed by atoms with Crippen LogP contribution in [-0.4, -0.2) is 32.4 Å². The van der Waals surface area contributed by atoms with Crippen LogP contribution in [0.1, 0.15) is 17.0 Å². The fourth-order valence-electron chi connectivity index (χ4n) is 2.75. The van der Waals surface area contributed by atoms with Gasteiger partial charge in [0.05, 0.1) is 26.9 Å². The molecule has 25 heavy (non-hydrogen) atoms. The quantitative estimate of drug-likeness (QED) is 0.898. The number of carboxylic acid groups (broad SMARTS) is 1. The molecule has 0 saturated heterocycles. The van der Waals surface area contributed by atoms with Crippen molar-refractivity contribution in [1.29, 1.82) is 0 Å². The van der Waals surface area contributed by atoms with Crippen molar-refractivity contribution in [1.82, 2.24) is 0 Å². The Hall–Kier alpha value is -3.15. The van der Waals surface area contributed by atoms with E-state index >= 15 is 0 Å². The van der Waals surface area contributed by atoms with Crippen molar-refractivity contribution in [2.45, 2.75) is 5.92 Å². The van der Waals surface area contributed by atoms with E-state index in [1.165, 1.54) is 14.2 Å². The summed E-state index contributed by atoms with van der Waals surface area (Å²) in [4.78, 5) is 11.8. The largest absolute Gasteiger partial charge is 0.497 e. The van der Waals surface area contributed by atoms with Gasteiger partial charge in [0.2, 0.25) is 0 Å². The van der Waals surface area contributed by atoms with Crippen molar-refractivity contribution in [3.8, 4) is 23.0 Å². The van der Waals surface area contributed by atoms with Gasteiger partial charge < -0.3 is 24.1 Å². The van der Waals surface area contributed by atoms with E-state index in [1.54, 1.807) is 37.5 Å². The van der Waals surface area contributed by atoms with Crippen LogP contribution in [0.3, 0.4) is 0 Å².